The fourth-order valence-electron chi connectivity index (χ4n) is 7.00. The zero-order chi connectivity index (χ0) is 48.7. The number of nitrogens with one attached hydrogen (secondary N) is 2. The van der Waals surface area contributed by atoms with Gasteiger partial charge in [0.1, 0.15) is 30.6 Å². The number of anilines is 2. The SMILES string of the molecule is CCn1cc(C(=O)O)c(=O)c2cc(F)c(N3CCN(C(=O)OCc4ccc(NC(=O)C(CCCCN)N(N)/C=C(\N)CNC)cc4)CC3)cc21.Cc1ccccc1.O=COCc1ccccc1. The van der Waals surface area contributed by atoms with E-state index in [-0.39, 0.29) is 36.7 Å². The molecule has 6 rings (SSSR count). The predicted octanol–water partition coefficient (Wildman–Crippen LogP) is 5.30. The highest BCUT2D eigenvalue weighted by atomic mass is 19.1. The number of aromatic carboxylic acids is 1. The second kappa shape index (κ2) is 27.3. The molecule has 0 saturated carbocycles. The van der Waals surface area contributed by atoms with Gasteiger partial charge in [-0.3, -0.25) is 14.4 Å². The van der Waals surface area contributed by atoms with Gasteiger partial charge in [0.05, 0.1) is 11.2 Å². The molecule has 0 aliphatic carbocycles. The number of carbonyl (C=O) groups excluding carboxylic acids is 3. The average Bonchev–Trinajstić information content (AvgIpc) is 3.33. The first kappa shape index (κ1) is 52.3. The number of carboxylic acid groups (broad SMARTS) is 1. The van der Waals surface area contributed by atoms with Gasteiger partial charge in [0.15, 0.2) is 0 Å². The molecule has 1 atom stereocenters. The van der Waals surface area contributed by atoms with Crippen LogP contribution in [0.3, 0.4) is 0 Å². The van der Waals surface area contributed by atoms with Crippen molar-refractivity contribution < 1.29 is 38.1 Å². The van der Waals surface area contributed by atoms with E-state index in [1.165, 1.54) is 27.9 Å². The van der Waals surface area contributed by atoms with Crippen LogP contribution in [0, 0.1) is 12.7 Å². The minimum Gasteiger partial charge on any atom is -0.477 e. The van der Waals surface area contributed by atoms with Crippen LogP contribution < -0.4 is 38.3 Å². The number of rotatable bonds is 18. The van der Waals surface area contributed by atoms with E-state index in [9.17, 15) is 29.1 Å². The zero-order valence-corrected chi connectivity index (χ0v) is 38.2. The maximum Gasteiger partial charge on any atom is 0.410 e. The lowest BCUT2D eigenvalue weighted by Gasteiger charge is -2.35. The van der Waals surface area contributed by atoms with Crippen LogP contribution in [0.5, 0.6) is 0 Å². The van der Waals surface area contributed by atoms with Gasteiger partial charge in [0.25, 0.3) is 6.47 Å². The standard InChI is InChI=1S/C34H46FN9O6.C8H8O2.C7H8/c1-3-41-20-26(33(47)48)31(45)25-16-27(35)30(17-29(25)41)42-12-14-43(15-13-42)34(49)50-21-22-7-9-24(10-8-22)40-32(46)28(6-4-5-11-36)44(38)19-23(37)18-39-2;9-7-10-6-8-4-2-1-3-5-8;1-7-5-3-2-4-6-7/h7-10,16-17,19-20,28,39H,3-6,11-15,18,21,36-38H2,1-2H3,(H,40,46)(H,47,48);1-5,7H,6H2;2-6H,1H3/b23-19-;;. The second-order valence-electron chi connectivity index (χ2n) is 15.5. The van der Waals surface area contributed by atoms with Crippen molar-refractivity contribution in [1.82, 2.24) is 19.8 Å². The first-order valence-electron chi connectivity index (χ1n) is 21.9. The van der Waals surface area contributed by atoms with Crippen molar-refractivity contribution in [3.8, 4) is 0 Å². The van der Waals surface area contributed by atoms with E-state index in [1.54, 1.807) is 53.8 Å². The third-order valence-corrected chi connectivity index (χ3v) is 10.6. The number of nitrogens with zero attached hydrogens (tertiary/aromatic N) is 4. The lowest BCUT2D eigenvalue weighted by atomic mass is 10.1. The van der Waals surface area contributed by atoms with E-state index in [1.807, 2.05) is 48.5 Å². The van der Waals surface area contributed by atoms with Crippen LogP contribution >= 0.6 is 0 Å². The maximum absolute atomic E-state index is 15.2. The van der Waals surface area contributed by atoms with Gasteiger partial charge < -0.3 is 56.1 Å². The van der Waals surface area contributed by atoms with Crippen molar-refractivity contribution in [3.63, 3.8) is 0 Å². The summed E-state index contributed by atoms with van der Waals surface area (Å²) in [5.74, 6) is 3.87. The summed E-state index contributed by atoms with van der Waals surface area (Å²) in [5, 5.41) is 16.5. The Bertz CT molecular complexity index is 2450. The first-order chi connectivity index (χ1) is 32.3. The number of carboxylic acids is 1. The summed E-state index contributed by atoms with van der Waals surface area (Å²) in [6.45, 7) is 7.21. The number of halogens is 1. The highest BCUT2D eigenvalue weighted by Gasteiger charge is 2.26. The van der Waals surface area contributed by atoms with Gasteiger partial charge in [0, 0.05) is 68.4 Å². The Morgan fingerprint density at radius 3 is 2.13 bits per heavy atom. The lowest BCUT2D eigenvalue weighted by molar-refractivity contribution is -0.129. The second-order valence-corrected chi connectivity index (χ2v) is 15.5. The van der Waals surface area contributed by atoms with Crippen LogP contribution in [0.4, 0.5) is 20.6 Å². The van der Waals surface area contributed by atoms with Gasteiger partial charge in [-0.15, -0.1) is 0 Å². The molecule has 2 heterocycles. The quantitative estimate of drug-likeness (QED) is 0.0283. The Morgan fingerprint density at radius 1 is 0.925 bits per heavy atom. The minimum atomic E-state index is -1.37. The molecular weight excluding hydrogens is 862 g/mol. The van der Waals surface area contributed by atoms with E-state index in [0.29, 0.717) is 81.1 Å². The third-order valence-electron chi connectivity index (χ3n) is 10.6. The van der Waals surface area contributed by atoms with Crippen LogP contribution in [-0.2, 0) is 38.8 Å². The van der Waals surface area contributed by atoms with Gasteiger partial charge in [0.2, 0.25) is 11.3 Å². The molecule has 5 aromatic rings. The molecule has 0 radical (unpaired) electrons. The van der Waals surface area contributed by atoms with Gasteiger partial charge in [-0.25, -0.2) is 19.8 Å². The first-order valence-corrected chi connectivity index (χ1v) is 21.9. The predicted molar refractivity (Wildman–Crippen MR) is 257 cm³/mol. The van der Waals surface area contributed by atoms with E-state index < -0.39 is 34.9 Å². The topological polar surface area (TPSA) is 241 Å². The number of piperazine rings is 1. The zero-order valence-electron chi connectivity index (χ0n) is 38.2. The Morgan fingerprint density at radius 2 is 1.57 bits per heavy atom. The highest BCUT2D eigenvalue weighted by molar-refractivity contribution is 5.95. The molecule has 1 unspecified atom stereocenters. The molecular formula is C49H62FN9O8. The summed E-state index contributed by atoms with van der Waals surface area (Å²) in [6, 6.07) is 28.7. The lowest BCUT2D eigenvalue weighted by Crippen LogP contribution is -2.49. The van der Waals surface area contributed by atoms with Gasteiger partial charge in [-0.2, -0.15) is 0 Å². The van der Waals surface area contributed by atoms with E-state index in [2.05, 4.69) is 34.4 Å². The van der Waals surface area contributed by atoms with Gasteiger partial charge >= 0.3 is 12.1 Å². The minimum absolute atomic E-state index is 0.00542. The molecule has 1 fully saturated rings. The number of benzene rings is 4. The average molecular weight is 924 g/mol. The molecule has 1 saturated heterocycles. The van der Waals surface area contributed by atoms with Crippen LogP contribution in [0.15, 0.2) is 120 Å². The van der Waals surface area contributed by atoms with Crippen molar-refractivity contribution in [2.24, 2.45) is 17.3 Å². The number of nitrogens with two attached hydrogens (primary N) is 3. The Balaban J connectivity index is 0.000000477. The fourth-order valence-corrected chi connectivity index (χ4v) is 7.00. The van der Waals surface area contributed by atoms with E-state index in [4.69, 9.17) is 22.0 Å². The molecule has 9 N–H and O–H groups in total. The highest BCUT2D eigenvalue weighted by Crippen LogP contribution is 2.27. The molecule has 1 aliphatic heterocycles. The molecule has 18 heteroatoms. The molecule has 358 valence electrons. The molecule has 2 amide bonds. The summed E-state index contributed by atoms with van der Waals surface area (Å²) in [7, 11) is 1.76. The molecule has 1 aliphatic rings. The largest absolute Gasteiger partial charge is 0.477 e. The normalized spacial score (nSPS) is 12.7. The monoisotopic (exact) mass is 923 g/mol. The van der Waals surface area contributed by atoms with Crippen LogP contribution in [-0.4, -0.2) is 96.4 Å². The Kier molecular flexibility index (Phi) is 21.3. The van der Waals surface area contributed by atoms with Gasteiger partial charge in [-0.1, -0.05) is 78.4 Å². The summed E-state index contributed by atoms with van der Waals surface area (Å²) >= 11 is 0. The summed E-state index contributed by atoms with van der Waals surface area (Å²) in [5.41, 5.74) is 15.2. The van der Waals surface area contributed by atoms with Gasteiger partial charge in [-0.05, 0) is 82.1 Å². The van der Waals surface area contributed by atoms with Crippen molar-refractivity contribution in [1.29, 1.82) is 0 Å². The molecule has 4 aromatic carbocycles. The summed E-state index contributed by atoms with van der Waals surface area (Å²) in [4.78, 5) is 63.3. The Hall–Kier alpha value is -7.28. The van der Waals surface area contributed by atoms with Crippen LogP contribution in [0.2, 0.25) is 0 Å². The molecule has 17 nitrogen and oxygen atoms in total. The van der Waals surface area contributed by atoms with Crippen molar-refractivity contribution in [2.75, 3.05) is 56.5 Å². The number of hydrogen-bond donors (Lipinski definition) is 6. The number of pyridine rings is 1. The molecule has 1 aromatic heterocycles. The number of unbranched alkanes of at least 4 members (excludes halogenated alkanes) is 1. The van der Waals surface area contributed by atoms with Crippen molar-refractivity contribution >= 4 is 46.7 Å². The molecule has 0 spiro atoms. The molecule has 67 heavy (non-hydrogen) atoms. The van der Waals surface area contributed by atoms with Crippen LogP contribution in [0.1, 0.15) is 53.2 Å². The molecule has 0 bridgehead atoms. The van der Waals surface area contributed by atoms with Crippen molar-refractivity contribution in [3.05, 3.63) is 153 Å². The number of hydrogen-bond acceptors (Lipinski definition) is 13. The number of aryl methyl sites for hydroxylation is 2. The third kappa shape index (κ3) is 16.3. The smallest absolute Gasteiger partial charge is 0.410 e. The Labute approximate surface area is 389 Å². The number of carbonyl (C=O) groups is 4. The number of fused-ring (bicyclic) bond motifs is 1. The van der Waals surface area contributed by atoms with Crippen LogP contribution in [0.25, 0.3) is 10.9 Å². The van der Waals surface area contributed by atoms with Crippen molar-refractivity contribution in [2.45, 2.75) is 58.9 Å². The summed E-state index contributed by atoms with van der Waals surface area (Å²) in [6.07, 6.45) is 4.23. The van der Waals surface area contributed by atoms with E-state index in [0.717, 1.165) is 18.1 Å². The number of likely N-dealkylation sites (N-methyl/N-ethyl adjacent to an activating group) is 1. The number of hydrazine groups is 1. The number of aromatic nitrogens is 1. The van der Waals surface area contributed by atoms with E-state index >= 15 is 4.39 Å². The number of ether oxygens (including phenoxy) is 2. The maximum atomic E-state index is 15.2. The number of amides is 2. The summed E-state index contributed by atoms with van der Waals surface area (Å²) < 4.78 is 26.9. The fraction of sp³-hybridized carbons (Fsp3) is 0.327.